The summed E-state index contributed by atoms with van der Waals surface area (Å²) >= 11 is 5.89. The molecule has 0 spiro atoms. The number of nitrogens with one attached hydrogen (secondary N) is 1. The molecule has 5 heteroatoms. The van der Waals surface area contributed by atoms with E-state index in [-0.39, 0.29) is 5.56 Å². The van der Waals surface area contributed by atoms with Gasteiger partial charge in [0.15, 0.2) is 0 Å². The highest BCUT2D eigenvalue weighted by Gasteiger charge is 2.07. The number of methoxy groups -OCH3 is 1. The third-order valence-electron chi connectivity index (χ3n) is 3.57. The van der Waals surface area contributed by atoms with E-state index in [4.69, 9.17) is 16.3 Å². The Labute approximate surface area is 138 Å². The number of aromatic nitrogens is 2. The van der Waals surface area contributed by atoms with Crippen molar-refractivity contribution in [3.63, 3.8) is 0 Å². The second-order valence-corrected chi connectivity index (χ2v) is 5.58. The van der Waals surface area contributed by atoms with Gasteiger partial charge >= 0.3 is 0 Å². The van der Waals surface area contributed by atoms with E-state index in [1.807, 2.05) is 54.6 Å². The Morgan fingerprint density at radius 3 is 2.43 bits per heavy atom. The first-order chi connectivity index (χ1) is 11.2. The molecule has 0 amide bonds. The van der Waals surface area contributed by atoms with Crippen LogP contribution in [0, 0.1) is 0 Å². The molecular weight excluding hydrogens is 312 g/mol. The molecule has 0 radical (unpaired) electrons. The molecule has 2 aromatic carbocycles. The Hall–Kier alpha value is -2.59. The number of benzene rings is 2. The van der Waals surface area contributed by atoms with E-state index in [1.165, 1.54) is 0 Å². The zero-order valence-electron chi connectivity index (χ0n) is 12.5. The topological polar surface area (TPSA) is 55.0 Å². The second kappa shape index (κ2) is 6.67. The van der Waals surface area contributed by atoms with Crippen LogP contribution in [0.15, 0.2) is 59.4 Å². The van der Waals surface area contributed by atoms with E-state index in [2.05, 4.69) is 10.2 Å². The number of aromatic amines is 1. The largest absolute Gasteiger partial charge is 0.497 e. The van der Waals surface area contributed by atoms with Crippen molar-refractivity contribution < 1.29 is 4.74 Å². The molecule has 1 heterocycles. The van der Waals surface area contributed by atoms with Crippen LogP contribution in [0.3, 0.4) is 0 Å². The third-order valence-corrected chi connectivity index (χ3v) is 3.83. The van der Waals surface area contributed by atoms with Gasteiger partial charge in [0.05, 0.1) is 12.8 Å². The number of halogens is 1. The van der Waals surface area contributed by atoms with Crippen LogP contribution in [-0.4, -0.2) is 17.3 Å². The minimum atomic E-state index is -0.183. The molecule has 3 rings (SSSR count). The SMILES string of the molecule is COc1ccc(-c2cc(Cc3ccc(Cl)cc3)c(=O)[nH]n2)cc1. The van der Waals surface area contributed by atoms with Gasteiger partial charge in [-0.2, -0.15) is 5.10 Å². The smallest absolute Gasteiger partial charge is 0.267 e. The van der Waals surface area contributed by atoms with Crippen LogP contribution >= 0.6 is 11.6 Å². The van der Waals surface area contributed by atoms with Crippen LogP contribution in [0.5, 0.6) is 5.75 Å². The fourth-order valence-corrected chi connectivity index (χ4v) is 2.43. The maximum absolute atomic E-state index is 12.0. The maximum Gasteiger partial charge on any atom is 0.267 e. The summed E-state index contributed by atoms with van der Waals surface area (Å²) < 4.78 is 5.15. The zero-order chi connectivity index (χ0) is 16.2. The molecule has 0 bridgehead atoms. The predicted molar refractivity (Wildman–Crippen MR) is 91.1 cm³/mol. The van der Waals surface area contributed by atoms with Gasteiger partial charge < -0.3 is 4.74 Å². The van der Waals surface area contributed by atoms with Gasteiger partial charge in [0, 0.05) is 22.6 Å². The summed E-state index contributed by atoms with van der Waals surface area (Å²) in [6.45, 7) is 0. The number of rotatable bonds is 4. The van der Waals surface area contributed by atoms with Crippen LogP contribution < -0.4 is 10.3 Å². The lowest BCUT2D eigenvalue weighted by atomic mass is 10.0. The molecule has 0 aliphatic rings. The van der Waals surface area contributed by atoms with Crippen LogP contribution in [0.4, 0.5) is 0 Å². The second-order valence-electron chi connectivity index (χ2n) is 5.14. The van der Waals surface area contributed by atoms with E-state index in [0.29, 0.717) is 17.0 Å². The number of nitrogens with zero attached hydrogens (tertiary/aromatic N) is 1. The first kappa shape index (κ1) is 15.3. The third kappa shape index (κ3) is 3.60. The molecule has 0 saturated carbocycles. The molecule has 0 aliphatic heterocycles. The van der Waals surface area contributed by atoms with Crippen LogP contribution in [-0.2, 0) is 6.42 Å². The summed E-state index contributed by atoms with van der Waals surface area (Å²) in [6.07, 6.45) is 0.526. The summed E-state index contributed by atoms with van der Waals surface area (Å²) in [5.74, 6) is 0.777. The summed E-state index contributed by atoms with van der Waals surface area (Å²) in [4.78, 5) is 12.0. The minimum absolute atomic E-state index is 0.183. The molecule has 0 atom stereocenters. The van der Waals surface area contributed by atoms with Crippen LogP contribution in [0.1, 0.15) is 11.1 Å². The van der Waals surface area contributed by atoms with Crippen molar-refractivity contribution in [3.8, 4) is 17.0 Å². The van der Waals surface area contributed by atoms with Gasteiger partial charge in [0.25, 0.3) is 5.56 Å². The molecule has 0 saturated heterocycles. The summed E-state index contributed by atoms with van der Waals surface area (Å²) in [5, 5.41) is 7.36. The monoisotopic (exact) mass is 326 g/mol. The van der Waals surface area contributed by atoms with Gasteiger partial charge in [-0.05, 0) is 48.0 Å². The van der Waals surface area contributed by atoms with E-state index in [1.54, 1.807) is 7.11 Å². The molecule has 116 valence electrons. The Balaban J connectivity index is 1.91. The van der Waals surface area contributed by atoms with Crippen molar-refractivity contribution in [2.75, 3.05) is 7.11 Å². The molecular formula is C18H15ClN2O2. The number of hydrogen-bond donors (Lipinski definition) is 1. The number of H-pyrrole nitrogens is 1. The molecule has 0 unspecified atom stereocenters. The summed E-state index contributed by atoms with van der Waals surface area (Å²) in [5.41, 5.74) is 3.13. The average molecular weight is 327 g/mol. The molecule has 1 N–H and O–H groups in total. The zero-order valence-corrected chi connectivity index (χ0v) is 13.3. The molecule has 0 fully saturated rings. The quantitative estimate of drug-likeness (QED) is 0.795. The van der Waals surface area contributed by atoms with Gasteiger partial charge in [0.1, 0.15) is 5.75 Å². The highest BCUT2D eigenvalue weighted by molar-refractivity contribution is 6.30. The number of hydrogen-bond acceptors (Lipinski definition) is 3. The van der Waals surface area contributed by atoms with Gasteiger partial charge in [-0.25, -0.2) is 5.10 Å². The predicted octanol–water partition coefficient (Wildman–Crippen LogP) is 3.69. The van der Waals surface area contributed by atoms with E-state index in [9.17, 15) is 4.79 Å². The van der Waals surface area contributed by atoms with Crippen molar-refractivity contribution in [2.45, 2.75) is 6.42 Å². The Morgan fingerprint density at radius 2 is 1.78 bits per heavy atom. The van der Waals surface area contributed by atoms with Gasteiger partial charge in [0.2, 0.25) is 0 Å². The molecule has 3 aromatic rings. The normalized spacial score (nSPS) is 10.5. The van der Waals surface area contributed by atoms with Gasteiger partial charge in [-0.3, -0.25) is 4.79 Å². The van der Waals surface area contributed by atoms with E-state index in [0.717, 1.165) is 22.6 Å². The summed E-state index contributed by atoms with van der Waals surface area (Å²) in [6, 6.07) is 16.8. The lowest BCUT2D eigenvalue weighted by molar-refractivity contribution is 0.415. The van der Waals surface area contributed by atoms with Crippen molar-refractivity contribution in [2.24, 2.45) is 0 Å². The van der Waals surface area contributed by atoms with Crippen molar-refractivity contribution in [1.82, 2.24) is 10.2 Å². The van der Waals surface area contributed by atoms with Gasteiger partial charge in [-0.15, -0.1) is 0 Å². The Morgan fingerprint density at radius 1 is 1.09 bits per heavy atom. The van der Waals surface area contributed by atoms with E-state index < -0.39 is 0 Å². The average Bonchev–Trinajstić information content (AvgIpc) is 2.59. The lowest BCUT2D eigenvalue weighted by Crippen LogP contribution is -2.14. The maximum atomic E-state index is 12.0. The first-order valence-electron chi connectivity index (χ1n) is 7.13. The Bertz CT molecular complexity index is 855. The fourth-order valence-electron chi connectivity index (χ4n) is 2.31. The standard InChI is InChI=1S/C18H15ClN2O2/c1-23-16-8-4-13(5-9-16)17-11-14(18(22)21-20-17)10-12-2-6-15(19)7-3-12/h2-9,11H,10H2,1H3,(H,21,22). The van der Waals surface area contributed by atoms with Crippen molar-refractivity contribution >= 4 is 11.6 Å². The van der Waals surface area contributed by atoms with Crippen molar-refractivity contribution in [1.29, 1.82) is 0 Å². The highest BCUT2D eigenvalue weighted by Crippen LogP contribution is 2.21. The minimum Gasteiger partial charge on any atom is -0.497 e. The summed E-state index contributed by atoms with van der Waals surface area (Å²) in [7, 11) is 1.62. The van der Waals surface area contributed by atoms with Crippen LogP contribution in [0.2, 0.25) is 5.02 Å². The first-order valence-corrected chi connectivity index (χ1v) is 7.51. The van der Waals surface area contributed by atoms with E-state index >= 15 is 0 Å². The molecule has 4 nitrogen and oxygen atoms in total. The molecule has 1 aromatic heterocycles. The van der Waals surface area contributed by atoms with Crippen molar-refractivity contribution in [3.05, 3.63) is 81.1 Å². The highest BCUT2D eigenvalue weighted by atomic mass is 35.5. The molecule has 23 heavy (non-hydrogen) atoms. The Kier molecular flexibility index (Phi) is 4.44. The fraction of sp³-hybridized carbons (Fsp3) is 0.111. The van der Waals surface area contributed by atoms with Gasteiger partial charge in [-0.1, -0.05) is 23.7 Å². The number of ether oxygens (including phenoxy) is 1. The molecule has 0 aliphatic carbocycles. The lowest BCUT2D eigenvalue weighted by Gasteiger charge is -2.06. The van der Waals surface area contributed by atoms with Crippen LogP contribution in [0.25, 0.3) is 11.3 Å².